The molecule has 2 aromatic rings. The molecule has 0 saturated heterocycles. The standard InChI is InChI=1S/C13H11ClN2O/c14-11-5-8-3-4-17-12(8)6-10(11)9-1-2-13(15)16-7-9/h1-2,5-7H,3-4H2,(H2,15,16). The van der Waals surface area contributed by atoms with Crippen LogP contribution in [0, 0.1) is 0 Å². The van der Waals surface area contributed by atoms with Gasteiger partial charge in [-0.05, 0) is 29.8 Å². The Morgan fingerprint density at radius 1 is 1.29 bits per heavy atom. The van der Waals surface area contributed by atoms with Gasteiger partial charge in [-0.15, -0.1) is 0 Å². The highest BCUT2D eigenvalue weighted by molar-refractivity contribution is 6.33. The summed E-state index contributed by atoms with van der Waals surface area (Å²) in [5.74, 6) is 1.42. The predicted octanol–water partition coefficient (Wildman–Crippen LogP) is 2.92. The molecule has 2 heterocycles. The van der Waals surface area contributed by atoms with Crippen LogP contribution in [-0.2, 0) is 6.42 Å². The first-order valence-electron chi connectivity index (χ1n) is 5.41. The Morgan fingerprint density at radius 2 is 2.18 bits per heavy atom. The molecule has 0 saturated carbocycles. The fourth-order valence-electron chi connectivity index (χ4n) is 1.98. The quantitative estimate of drug-likeness (QED) is 0.842. The van der Waals surface area contributed by atoms with Crippen LogP contribution in [-0.4, -0.2) is 11.6 Å². The summed E-state index contributed by atoms with van der Waals surface area (Å²) in [6, 6.07) is 7.61. The van der Waals surface area contributed by atoms with Crippen LogP contribution in [0.15, 0.2) is 30.5 Å². The smallest absolute Gasteiger partial charge is 0.123 e. The Hall–Kier alpha value is -1.74. The highest BCUT2D eigenvalue weighted by atomic mass is 35.5. The number of halogens is 1. The van der Waals surface area contributed by atoms with E-state index in [2.05, 4.69) is 4.98 Å². The highest BCUT2D eigenvalue weighted by Crippen LogP contribution is 2.36. The molecule has 0 unspecified atom stereocenters. The van der Waals surface area contributed by atoms with Crippen molar-refractivity contribution in [1.82, 2.24) is 4.98 Å². The molecule has 17 heavy (non-hydrogen) atoms. The maximum Gasteiger partial charge on any atom is 0.123 e. The van der Waals surface area contributed by atoms with Gasteiger partial charge in [0, 0.05) is 28.8 Å². The van der Waals surface area contributed by atoms with Crippen LogP contribution in [0.1, 0.15) is 5.56 Å². The van der Waals surface area contributed by atoms with Gasteiger partial charge in [0.2, 0.25) is 0 Å². The molecule has 0 aliphatic carbocycles. The molecule has 0 atom stereocenters. The normalized spacial score (nSPS) is 13.2. The molecule has 3 nitrogen and oxygen atoms in total. The summed E-state index contributed by atoms with van der Waals surface area (Å²) in [7, 11) is 0. The molecule has 0 bridgehead atoms. The maximum atomic E-state index is 6.27. The number of ether oxygens (including phenoxy) is 1. The van der Waals surface area contributed by atoms with Gasteiger partial charge in [-0.3, -0.25) is 0 Å². The van der Waals surface area contributed by atoms with Crippen LogP contribution in [0.2, 0.25) is 5.02 Å². The van der Waals surface area contributed by atoms with Gasteiger partial charge >= 0.3 is 0 Å². The average molecular weight is 247 g/mol. The van der Waals surface area contributed by atoms with Crippen molar-refractivity contribution >= 4 is 17.4 Å². The molecule has 86 valence electrons. The van der Waals surface area contributed by atoms with E-state index in [0.717, 1.165) is 34.9 Å². The van der Waals surface area contributed by atoms with E-state index < -0.39 is 0 Å². The van der Waals surface area contributed by atoms with Crippen molar-refractivity contribution in [2.45, 2.75) is 6.42 Å². The first-order valence-corrected chi connectivity index (χ1v) is 5.79. The predicted molar refractivity (Wildman–Crippen MR) is 68.3 cm³/mol. The van der Waals surface area contributed by atoms with E-state index in [4.69, 9.17) is 22.1 Å². The van der Waals surface area contributed by atoms with Gasteiger partial charge in [-0.2, -0.15) is 0 Å². The van der Waals surface area contributed by atoms with Crippen LogP contribution in [0.4, 0.5) is 5.82 Å². The minimum Gasteiger partial charge on any atom is -0.493 e. The number of nitrogens with zero attached hydrogens (tertiary/aromatic N) is 1. The number of nitrogens with two attached hydrogens (primary N) is 1. The lowest BCUT2D eigenvalue weighted by atomic mass is 10.0. The Morgan fingerprint density at radius 3 is 2.94 bits per heavy atom. The van der Waals surface area contributed by atoms with Gasteiger partial charge in [0.05, 0.1) is 6.61 Å². The number of hydrogen-bond donors (Lipinski definition) is 1. The molecule has 0 spiro atoms. The average Bonchev–Trinajstić information content (AvgIpc) is 2.76. The fraction of sp³-hybridized carbons (Fsp3) is 0.154. The molecule has 0 radical (unpaired) electrons. The third kappa shape index (κ3) is 1.83. The van der Waals surface area contributed by atoms with Gasteiger partial charge in [0.15, 0.2) is 0 Å². The zero-order valence-corrected chi connectivity index (χ0v) is 9.87. The maximum absolute atomic E-state index is 6.27. The Bertz CT molecular complexity index is 566. The van der Waals surface area contributed by atoms with Crippen molar-refractivity contribution in [1.29, 1.82) is 0 Å². The van der Waals surface area contributed by atoms with E-state index >= 15 is 0 Å². The molecule has 2 N–H and O–H groups in total. The largest absolute Gasteiger partial charge is 0.493 e. The van der Waals surface area contributed by atoms with Crippen LogP contribution < -0.4 is 10.5 Å². The van der Waals surface area contributed by atoms with Gasteiger partial charge in [-0.1, -0.05) is 11.6 Å². The minimum absolute atomic E-state index is 0.502. The minimum atomic E-state index is 0.502. The number of pyridine rings is 1. The summed E-state index contributed by atoms with van der Waals surface area (Å²) in [6.45, 7) is 0.731. The van der Waals surface area contributed by atoms with E-state index in [0.29, 0.717) is 5.82 Å². The first kappa shape index (κ1) is 10.4. The molecular formula is C13H11ClN2O. The molecule has 1 aliphatic rings. The van der Waals surface area contributed by atoms with Gasteiger partial charge in [-0.25, -0.2) is 4.98 Å². The van der Waals surface area contributed by atoms with E-state index in [9.17, 15) is 0 Å². The van der Waals surface area contributed by atoms with Gasteiger partial charge in [0.25, 0.3) is 0 Å². The summed E-state index contributed by atoms with van der Waals surface area (Å²) in [4.78, 5) is 4.07. The number of benzene rings is 1. The lowest BCUT2D eigenvalue weighted by Crippen LogP contribution is -1.90. The van der Waals surface area contributed by atoms with Crippen LogP contribution in [0.25, 0.3) is 11.1 Å². The monoisotopic (exact) mass is 246 g/mol. The number of rotatable bonds is 1. The number of anilines is 1. The number of hydrogen-bond acceptors (Lipinski definition) is 3. The van der Waals surface area contributed by atoms with Crippen LogP contribution >= 0.6 is 11.6 Å². The molecular weight excluding hydrogens is 236 g/mol. The Kier molecular flexibility index (Phi) is 2.41. The van der Waals surface area contributed by atoms with Crippen molar-refractivity contribution in [2.24, 2.45) is 0 Å². The summed E-state index contributed by atoms with van der Waals surface area (Å²) in [5, 5.41) is 0.723. The third-order valence-electron chi connectivity index (χ3n) is 2.88. The Labute approximate surface area is 104 Å². The lowest BCUT2D eigenvalue weighted by molar-refractivity contribution is 0.357. The zero-order chi connectivity index (χ0) is 11.8. The van der Waals surface area contributed by atoms with Crippen molar-refractivity contribution in [2.75, 3.05) is 12.3 Å². The fourth-order valence-corrected chi connectivity index (χ4v) is 2.28. The molecule has 4 heteroatoms. The van der Waals surface area contributed by atoms with E-state index in [1.165, 1.54) is 5.56 Å². The summed E-state index contributed by atoms with van der Waals surface area (Å²) >= 11 is 6.27. The second-order valence-corrected chi connectivity index (χ2v) is 4.42. The summed E-state index contributed by atoms with van der Waals surface area (Å²) in [6.07, 6.45) is 2.65. The second kappa shape index (κ2) is 3.93. The van der Waals surface area contributed by atoms with Crippen molar-refractivity contribution in [3.05, 3.63) is 41.0 Å². The molecule has 1 aromatic carbocycles. The lowest BCUT2D eigenvalue weighted by Gasteiger charge is -2.07. The second-order valence-electron chi connectivity index (χ2n) is 4.01. The molecule has 1 aromatic heterocycles. The molecule has 1 aliphatic heterocycles. The number of fused-ring (bicyclic) bond motifs is 1. The molecule has 3 rings (SSSR count). The van der Waals surface area contributed by atoms with E-state index in [1.54, 1.807) is 12.3 Å². The van der Waals surface area contributed by atoms with Gasteiger partial charge < -0.3 is 10.5 Å². The topological polar surface area (TPSA) is 48.1 Å². The van der Waals surface area contributed by atoms with Crippen molar-refractivity contribution in [3.8, 4) is 16.9 Å². The highest BCUT2D eigenvalue weighted by Gasteiger charge is 2.16. The summed E-state index contributed by atoms with van der Waals surface area (Å²) < 4.78 is 5.54. The van der Waals surface area contributed by atoms with Gasteiger partial charge in [0.1, 0.15) is 11.6 Å². The van der Waals surface area contributed by atoms with E-state index in [1.807, 2.05) is 18.2 Å². The first-order chi connectivity index (χ1) is 8.24. The van der Waals surface area contributed by atoms with Crippen molar-refractivity contribution in [3.63, 3.8) is 0 Å². The van der Waals surface area contributed by atoms with Crippen molar-refractivity contribution < 1.29 is 4.74 Å². The molecule has 0 amide bonds. The number of nitrogen functional groups attached to an aromatic ring is 1. The summed E-state index contributed by atoms with van der Waals surface area (Å²) in [5.41, 5.74) is 8.61. The third-order valence-corrected chi connectivity index (χ3v) is 3.19. The van der Waals surface area contributed by atoms with Crippen LogP contribution in [0.5, 0.6) is 5.75 Å². The van der Waals surface area contributed by atoms with E-state index in [-0.39, 0.29) is 0 Å². The van der Waals surface area contributed by atoms with Crippen LogP contribution in [0.3, 0.4) is 0 Å². The number of aromatic nitrogens is 1. The molecule has 0 fully saturated rings. The zero-order valence-electron chi connectivity index (χ0n) is 9.11. The SMILES string of the molecule is Nc1ccc(-c2cc3c(cc2Cl)CCO3)cn1. The Balaban J connectivity index is 2.11.